The van der Waals surface area contributed by atoms with Crippen molar-refractivity contribution in [2.75, 3.05) is 19.6 Å². The smallest absolute Gasteiger partial charge is 0.255 e. The van der Waals surface area contributed by atoms with Crippen LogP contribution in [0.1, 0.15) is 41.0 Å². The second-order valence-corrected chi connectivity index (χ2v) is 5.41. The summed E-state index contributed by atoms with van der Waals surface area (Å²) >= 11 is 0. The molecule has 1 aromatic heterocycles. The van der Waals surface area contributed by atoms with Gasteiger partial charge in [0.15, 0.2) is 0 Å². The van der Waals surface area contributed by atoms with E-state index in [1.54, 1.807) is 4.68 Å². The van der Waals surface area contributed by atoms with Gasteiger partial charge in [-0.15, -0.1) is 0 Å². The van der Waals surface area contributed by atoms with Crippen LogP contribution in [0.4, 0.5) is 0 Å². The largest absolute Gasteiger partial charge is 0.352 e. The maximum absolute atomic E-state index is 12.2. The van der Waals surface area contributed by atoms with Crippen LogP contribution in [0.5, 0.6) is 0 Å². The van der Waals surface area contributed by atoms with Gasteiger partial charge < -0.3 is 10.6 Å². The van der Waals surface area contributed by atoms with Crippen LogP contribution < -0.4 is 10.6 Å². The SMILES string of the molecule is Cc1nn(C)c(C)c1C(=O)NCCC1CCNCC1. The van der Waals surface area contributed by atoms with Crippen LogP contribution in [-0.4, -0.2) is 35.3 Å². The monoisotopic (exact) mass is 264 g/mol. The zero-order chi connectivity index (χ0) is 13.8. The molecule has 1 aliphatic rings. The van der Waals surface area contributed by atoms with Gasteiger partial charge in [-0.2, -0.15) is 5.10 Å². The molecule has 1 amide bonds. The number of carbonyl (C=O) groups is 1. The molecule has 106 valence electrons. The van der Waals surface area contributed by atoms with E-state index >= 15 is 0 Å². The van der Waals surface area contributed by atoms with Crippen molar-refractivity contribution in [3.05, 3.63) is 17.0 Å². The second-order valence-electron chi connectivity index (χ2n) is 5.41. The number of piperidine rings is 1. The Morgan fingerprint density at radius 2 is 2.11 bits per heavy atom. The van der Waals surface area contributed by atoms with Gasteiger partial charge in [0.1, 0.15) is 0 Å². The third-order valence-corrected chi connectivity index (χ3v) is 4.03. The minimum Gasteiger partial charge on any atom is -0.352 e. The summed E-state index contributed by atoms with van der Waals surface area (Å²) in [7, 11) is 1.87. The van der Waals surface area contributed by atoms with E-state index in [4.69, 9.17) is 0 Å². The quantitative estimate of drug-likeness (QED) is 0.858. The molecule has 0 aromatic carbocycles. The van der Waals surface area contributed by atoms with E-state index < -0.39 is 0 Å². The number of nitrogens with zero attached hydrogens (tertiary/aromatic N) is 2. The van der Waals surface area contributed by atoms with Crippen LogP contribution in [0.3, 0.4) is 0 Å². The summed E-state index contributed by atoms with van der Waals surface area (Å²) in [5, 5.41) is 10.7. The molecule has 0 aliphatic carbocycles. The van der Waals surface area contributed by atoms with Gasteiger partial charge in [-0.1, -0.05) is 0 Å². The summed E-state index contributed by atoms with van der Waals surface area (Å²) < 4.78 is 1.76. The average Bonchev–Trinajstić information content (AvgIpc) is 2.64. The fourth-order valence-corrected chi connectivity index (χ4v) is 2.75. The molecule has 0 spiro atoms. The Bertz CT molecular complexity index is 447. The third-order valence-electron chi connectivity index (χ3n) is 4.03. The molecular weight excluding hydrogens is 240 g/mol. The molecule has 0 unspecified atom stereocenters. The summed E-state index contributed by atoms with van der Waals surface area (Å²) in [6.45, 7) is 6.80. The lowest BCUT2D eigenvalue weighted by Gasteiger charge is -2.22. The highest BCUT2D eigenvalue weighted by atomic mass is 16.1. The molecule has 1 aliphatic heterocycles. The van der Waals surface area contributed by atoms with Crippen molar-refractivity contribution in [1.82, 2.24) is 20.4 Å². The molecule has 2 N–H and O–H groups in total. The number of aryl methyl sites for hydroxylation is 2. The third kappa shape index (κ3) is 3.35. The van der Waals surface area contributed by atoms with Gasteiger partial charge in [0.25, 0.3) is 5.91 Å². The predicted molar refractivity (Wildman–Crippen MR) is 75.2 cm³/mol. The van der Waals surface area contributed by atoms with E-state index in [2.05, 4.69) is 15.7 Å². The zero-order valence-corrected chi connectivity index (χ0v) is 12.1. The Balaban J connectivity index is 1.84. The molecular formula is C14H24N4O. The highest BCUT2D eigenvalue weighted by Gasteiger charge is 2.18. The minimum atomic E-state index is 0.0111. The summed E-state index contributed by atoms with van der Waals surface area (Å²) in [5.74, 6) is 0.759. The fraction of sp³-hybridized carbons (Fsp3) is 0.714. The molecule has 1 aromatic rings. The van der Waals surface area contributed by atoms with E-state index in [9.17, 15) is 4.79 Å². The molecule has 0 radical (unpaired) electrons. The lowest BCUT2D eigenvalue weighted by Crippen LogP contribution is -2.31. The van der Waals surface area contributed by atoms with Crippen LogP contribution in [-0.2, 0) is 7.05 Å². The first kappa shape index (κ1) is 14.1. The summed E-state index contributed by atoms with van der Waals surface area (Å²) in [4.78, 5) is 12.2. The normalized spacial score (nSPS) is 16.6. The lowest BCUT2D eigenvalue weighted by atomic mass is 9.95. The van der Waals surface area contributed by atoms with Crippen LogP contribution in [0.25, 0.3) is 0 Å². The first-order valence-corrected chi connectivity index (χ1v) is 7.08. The van der Waals surface area contributed by atoms with Gasteiger partial charge in [0.2, 0.25) is 0 Å². The molecule has 0 atom stereocenters. The van der Waals surface area contributed by atoms with Crippen molar-refractivity contribution < 1.29 is 4.79 Å². The molecule has 5 nitrogen and oxygen atoms in total. The molecule has 5 heteroatoms. The zero-order valence-electron chi connectivity index (χ0n) is 12.1. The number of nitrogens with one attached hydrogen (secondary N) is 2. The van der Waals surface area contributed by atoms with Crippen LogP contribution in [0.15, 0.2) is 0 Å². The Kier molecular flexibility index (Phi) is 4.58. The topological polar surface area (TPSA) is 59.0 Å². The molecule has 2 heterocycles. The molecule has 0 saturated carbocycles. The Labute approximate surface area is 114 Å². The summed E-state index contributed by atoms with van der Waals surface area (Å²) in [5.41, 5.74) is 2.46. The fourth-order valence-electron chi connectivity index (χ4n) is 2.75. The number of hydrogen-bond acceptors (Lipinski definition) is 3. The molecule has 0 bridgehead atoms. The van der Waals surface area contributed by atoms with Gasteiger partial charge in [0, 0.05) is 19.3 Å². The Morgan fingerprint density at radius 3 is 2.68 bits per heavy atom. The molecule has 1 fully saturated rings. The van der Waals surface area contributed by atoms with Crippen molar-refractivity contribution in [3.63, 3.8) is 0 Å². The lowest BCUT2D eigenvalue weighted by molar-refractivity contribution is 0.0949. The van der Waals surface area contributed by atoms with Crippen molar-refractivity contribution in [2.45, 2.75) is 33.1 Å². The highest BCUT2D eigenvalue weighted by Crippen LogP contribution is 2.15. The van der Waals surface area contributed by atoms with Gasteiger partial charge in [-0.05, 0) is 52.1 Å². The van der Waals surface area contributed by atoms with Crippen molar-refractivity contribution >= 4 is 5.91 Å². The van der Waals surface area contributed by atoms with Crippen molar-refractivity contribution in [2.24, 2.45) is 13.0 Å². The summed E-state index contributed by atoms with van der Waals surface area (Å²) in [6, 6.07) is 0. The van der Waals surface area contributed by atoms with E-state index in [0.717, 1.165) is 48.9 Å². The van der Waals surface area contributed by atoms with Gasteiger partial charge >= 0.3 is 0 Å². The van der Waals surface area contributed by atoms with Crippen molar-refractivity contribution in [1.29, 1.82) is 0 Å². The standard InChI is InChI=1S/C14H24N4O/c1-10-13(11(2)18(3)17-10)14(19)16-9-6-12-4-7-15-8-5-12/h12,15H,4-9H2,1-3H3,(H,16,19). The first-order valence-electron chi connectivity index (χ1n) is 7.08. The maximum atomic E-state index is 12.2. The predicted octanol–water partition coefficient (Wildman–Crippen LogP) is 1.16. The number of hydrogen-bond donors (Lipinski definition) is 2. The van der Waals surface area contributed by atoms with E-state index in [1.807, 2.05) is 20.9 Å². The van der Waals surface area contributed by atoms with Gasteiger partial charge in [0.05, 0.1) is 11.3 Å². The van der Waals surface area contributed by atoms with E-state index in [-0.39, 0.29) is 5.91 Å². The average molecular weight is 264 g/mol. The van der Waals surface area contributed by atoms with Crippen molar-refractivity contribution in [3.8, 4) is 0 Å². The van der Waals surface area contributed by atoms with Crippen LogP contribution in [0.2, 0.25) is 0 Å². The van der Waals surface area contributed by atoms with Gasteiger partial charge in [-0.3, -0.25) is 9.48 Å². The van der Waals surface area contributed by atoms with Crippen LogP contribution in [0, 0.1) is 19.8 Å². The minimum absolute atomic E-state index is 0.0111. The first-order chi connectivity index (χ1) is 9.09. The Morgan fingerprint density at radius 1 is 1.42 bits per heavy atom. The number of aromatic nitrogens is 2. The molecule has 1 saturated heterocycles. The summed E-state index contributed by atoms with van der Waals surface area (Å²) in [6.07, 6.45) is 3.52. The van der Waals surface area contributed by atoms with E-state index in [0.29, 0.717) is 0 Å². The molecule has 2 rings (SSSR count). The van der Waals surface area contributed by atoms with Crippen LogP contribution >= 0.6 is 0 Å². The number of rotatable bonds is 4. The number of carbonyl (C=O) groups excluding carboxylic acids is 1. The second kappa shape index (κ2) is 6.19. The number of amides is 1. The maximum Gasteiger partial charge on any atom is 0.255 e. The highest BCUT2D eigenvalue weighted by molar-refractivity contribution is 5.96. The van der Waals surface area contributed by atoms with E-state index in [1.165, 1.54) is 12.8 Å². The Hall–Kier alpha value is -1.36. The van der Waals surface area contributed by atoms with Gasteiger partial charge in [-0.25, -0.2) is 0 Å². The molecule has 19 heavy (non-hydrogen) atoms.